The number of hydrogen-bond acceptors (Lipinski definition) is 0. The molecule has 0 atom stereocenters. The SMILES string of the molecule is C=CCC1(CBr)CC(C)C1. The molecule has 1 fully saturated rings. The minimum absolute atomic E-state index is 0.584. The van der Waals surface area contributed by atoms with Gasteiger partial charge in [-0.2, -0.15) is 0 Å². The van der Waals surface area contributed by atoms with Crippen LogP contribution < -0.4 is 0 Å². The molecule has 1 rings (SSSR count). The van der Waals surface area contributed by atoms with Gasteiger partial charge in [-0.05, 0) is 30.6 Å². The van der Waals surface area contributed by atoms with E-state index in [1.807, 2.05) is 6.08 Å². The van der Waals surface area contributed by atoms with E-state index in [9.17, 15) is 0 Å². The summed E-state index contributed by atoms with van der Waals surface area (Å²) in [4.78, 5) is 0. The lowest BCUT2D eigenvalue weighted by molar-refractivity contribution is 0.0988. The van der Waals surface area contributed by atoms with Gasteiger partial charge in [-0.3, -0.25) is 0 Å². The largest absolute Gasteiger partial charge is 0.103 e. The van der Waals surface area contributed by atoms with Crippen molar-refractivity contribution in [3.8, 4) is 0 Å². The molecule has 0 aromatic heterocycles. The van der Waals surface area contributed by atoms with E-state index in [4.69, 9.17) is 0 Å². The van der Waals surface area contributed by atoms with Crippen molar-refractivity contribution in [1.29, 1.82) is 0 Å². The molecule has 0 radical (unpaired) electrons. The molecule has 0 saturated heterocycles. The maximum absolute atomic E-state index is 3.78. The molecule has 0 aliphatic heterocycles. The molecule has 0 amide bonds. The highest BCUT2D eigenvalue weighted by molar-refractivity contribution is 9.09. The monoisotopic (exact) mass is 202 g/mol. The number of halogens is 1. The minimum Gasteiger partial charge on any atom is -0.103 e. The first-order chi connectivity index (χ1) is 4.72. The Kier molecular flexibility index (Phi) is 2.56. The topological polar surface area (TPSA) is 0 Å². The van der Waals surface area contributed by atoms with Crippen molar-refractivity contribution in [3.63, 3.8) is 0 Å². The molecule has 1 heteroatoms. The first-order valence-electron chi connectivity index (χ1n) is 3.89. The molecule has 1 saturated carbocycles. The van der Waals surface area contributed by atoms with Crippen LogP contribution in [0.25, 0.3) is 0 Å². The maximum Gasteiger partial charge on any atom is 0.00911 e. The molecule has 1 aliphatic carbocycles. The smallest absolute Gasteiger partial charge is 0.00911 e. The molecule has 0 N–H and O–H groups in total. The lowest BCUT2D eigenvalue weighted by Gasteiger charge is -2.45. The molecule has 58 valence electrons. The zero-order chi connectivity index (χ0) is 7.61. The van der Waals surface area contributed by atoms with Gasteiger partial charge >= 0.3 is 0 Å². The highest BCUT2D eigenvalue weighted by atomic mass is 79.9. The Balaban J connectivity index is 2.39. The van der Waals surface area contributed by atoms with Crippen LogP contribution in [0.5, 0.6) is 0 Å². The third-order valence-electron chi connectivity index (χ3n) is 2.42. The molecule has 0 nitrogen and oxygen atoms in total. The lowest BCUT2D eigenvalue weighted by atomic mass is 9.62. The summed E-state index contributed by atoms with van der Waals surface area (Å²) in [6.45, 7) is 6.10. The molecule has 0 aromatic rings. The molecule has 0 spiro atoms. The quantitative estimate of drug-likeness (QED) is 0.487. The Labute approximate surface area is 71.8 Å². The van der Waals surface area contributed by atoms with Crippen molar-refractivity contribution in [3.05, 3.63) is 12.7 Å². The Morgan fingerprint density at radius 3 is 2.60 bits per heavy atom. The third kappa shape index (κ3) is 1.45. The predicted octanol–water partition coefficient (Wildman–Crippen LogP) is 3.37. The fraction of sp³-hybridized carbons (Fsp3) is 0.778. The van der Waals surface area contributed by atoms with Crippen LogP contribution in [-0.4, -0.2) is 5.33 Å². The Morgan fingerprint density at radius 2 is 2.30 bits per heavy atom. The van der Waals surface area contributed by atoms with E-state index in [0.29, 0.717) is 5.41 Å². The van der Waals surface area contributed by atoms with Crippen LogP contribution in [-0.2, 0) is 0 Å². The van der Waals surface area contributed by atoms with Crippen LogP contribution in [0, 0.1) is 11.3 Å². The van der Waals surface area contributed by atoms with Crippen molar-refractivity contribution in [1.82, 2.24) is 0 Å². The van der Waals surface area contributed by atoms with E-state index in [1.165, 1.54) is 19.3 Å². The standard InChI is InChI=1S/C9H15Br/c1-3-4-9(7-10)5-8(2)6-9/h3,8H,1,4-7H2,2H3. The summed E-state index contributed by atoms with van der Waals surface area (Å²) in [5, 5.41) is 1.15. The zero-order valence-corrected chi connectivity index (χ0v) is 8.15. The van der Waals surface area contributed by atoms with Gasteiger partial charge in [0.2, 0.25) is 0 Å². The van der Waals surface area contributed by atoms with Gasteiger partial charge in [0.25, 0.3) is 0 Å². The first-order valence-corrected chi connectivity index (χ1v) is 5.01. The van der Waals surface area contributed by atoms with Gasteiger partial charge in [0.1, 0.15) is 0 Å². The molecule has 0 heterocycles. The Hall–Kier alpha value is 0.220. The minimum atomic E-state index is 0.584. The van der Waals surface area contributed by atoms with Crippen LogP contribution in [0.15, 0.2) is 12.7 Å². The van der Waals surface area contributed by atoms with Crippen molar-refractivity contribution in [2.75, 3.05) is 5.33 Å². The van der Waals surface area contributed by atoms with E-state index in [-0.39, 0.29) is 0 Å². The Morgan fingerprint density at radius 1 is 1.70 bits per heavy atom. The summed E-state index contributed by atoms with van der Waals surface area (Å²) in [6, 6.07) is 0. The summed E-state index contributed by atoms with van der Waals surface area (Å²) in [7, 11) is 0. The predicted molar refractivity (Wildman–Crippen MR) is 49.4 cm³/mol. The number of alkyl halides is 1. The van der Waals surface area contributed by atoms with E-state index in [2.05, 4.69) is 29.4 Å². The Bertz CT molecular complexity index is 123. The van der Waals surface area contributed by atoms with Crippen LogP contribution in [0.1, 0.15) is 26.2 Å². The van der Waals surface area contributed by atoms with Crippen molar-refractivity contribution >= 4 is 15.9 Å². The van der Waals surface area contributed by atoms with Crippen LogP contribution in [0.2, 0.25) is 0 Å². The van der Waals surface area contributed by atoms with Crippen LogP contribution >= 0.6 is 15.9 Å². The van der Waals surface area contributed by atoms with E-state index in [0.717, 1.165) is 11.2 Å². The van der Waals surface area contributed by atoms with Gasteiger partial charge in [-0.25, -0.2) is 0 Å². The van der Waals surface area contributed by atoms with Gasteiger partial charge in [0, 0.05) is 5.33 Å². The highest BCUT2D eigenvalue weighted by Gasteiger charge is 2.39. The molecule has 0 bridgehead atoms. The number of rotatable bonds is 3. The summed E-state index contributed by atoms with van der Waals surface area (Å²) in [6.07, 6.45) is 5.99. The summed E-state index contributed by atoms with van der Waals surface area (Å²) in [5.74, 6) is 0.942. The zero-order valence-electron chi connectivity index (χ0n) is 6.57. The van der Waals surface area contributed by atoms with Crippen molar-refractivity contribution < 1.29 is 0 Å². The second-order valence-electron chi connectivity index (χ2n) is 3.64. The van der Waals surface area contributed by atoms with Gasteiger partial charge in [0.05, 0.1) is 0 Å². The average Bonchev–Trinajstić information content (AvgIpc) is 1.84. The van der Waals surface area contributed by atoms with Gasteiger partial charge in [0.15, 0.2) is 0 Å². The average molecular weight is 203 g/mol. The van der Waals surface area contributed by atoms with Gasteiger partial charge in [-0.1, -0.05) is 28.9 Å². The fourth-order valence-corrected chi connectivity index (χ4v) is 2.74. The summed E-state index contributed by atoms with van der Waals surface area (Å²) < 4.78 is 0. The first kappa shape index (κ1) is 8.32. The molecule has 0 unspecified atom stereocenters. The van der Waals surface area contributed by atoms with E-state index in [1.54, 1.807) is 0 Å². The van der Waals surface area contributed by atoms with Gasteiger partial charge < -0.3 is 0 Å². The van der Waals surface area contributed by atoms with Crippen molar-refractivity contribution in [2.45, 2.75) is 26.2 Å². The van der Waals surface area contributed by atoms with E-state index < -0.39 is 0 Å². The second kappa shape index (κ2) is 3.08. The van der Waals surface area contributed by atoms with Gasteiger partial charge in [-0.15, -0.1) is 6.58 Å². The summed E-state index contributed by atoms with van der Waals surface area (Å²) in [5.41, 5.74) is 0.584. The molecule has 1 aliphatic rings. The fourth-order valence-electron chi connectivity index (χ4n) is 2.06. The second-order valence-corrected chi connectivity index (χ2v) is 4.20. The van der Waals surface area contributed by atoms with Crippen molar-refractivity contribution in [2.24, 2.45) is 11.3 Å². The molecule has 0 aromatic carbocycles. The third-order valence-corrected chi connectivity index (χ3v) is 3.61. The molecular weight excluding hydrogens is 188 g/mol. The summed E-state index contributed by atoms with van der Waals surface area (Å²) >= 11 is 3.56. The van der Waals surface area contributed by atoms with Crippen LogP contribution in [0.3, 0.4) is 0 Å². The van der Waals surface area contributed by atoms with Crippen LogP contribution in [0.4, 0.5) is 0 Å². The van der Waals surface area contributed by atoms with E-state index >= 15 is 0 Å². The molecule has 10 heavy (non-hydrogen) atoms. The number of allylic oxidation sites excluding steroid dienone is 1. The normalized spacial score (nSPS) is 38.8. The lowest BCUT2D eigenvalue weighted by Crippen LogP contribution is -2.36. The maximum atomic E-state index is 3.78. The number of hydrogen-bond donors (Lipinski definition) is 0. The highest BCUT2D eigenvalue weighted by Crippen LogP contribution is 2.49. The molecular formula is C9H15Br.